The predicted molar refractivity (Wildman–Crippen MR) is 97.9 cm³/mol. The molecule has 1 aromatic rings. The highest BCUT2D eigenvalue weighted by Gasteiger charge is 2.00. The van der Waals surface area contributed by atoms with Crippen LogP contribution < -0.4 is 4.74 Å². The largest absolute Gasteiger partial charge is 0.426 e. The number of carbonyl (C=O) groups is 1. The minimum atomic E-state index is -0.315. The highest BCUT2D eigenvalue weighted by molar-refractivity contribution is 5.71. The maximum atomic E-state index is 10.6. The normalized spacial score (nSPS) is 6.90. The predicted octanol–water partition coefficient (Wildman–Crippen LogP) is 6.75. The van der Waals surface area contributed by atoms with Gasteiger partial charge in [-0.15, -0.1) is 0 Å². The van der Waals surface area contributed by atoms with Crippen LogP contribution in [-0.4, -0.2) is 5.97 Å². The van der Waals surface area contributed by atoms with E-state index in [1.165, 1.54) is 13.3 Å². The van der Waals surface area contributed by atoms with Crippen molar-refractivity contribution in [2.45, 2.75) is 68.7 Å². The van der Waals surface area contributed by atoms with E-state index in [1.807, 2.05) is 59.7 Å². The van der Waals surface area contributed by atoms with Crippen LogP contribution in [0.25, 0.3) is 6.08 Å². The second-order valence-electron chi connectivity index (χ2n) is 3.04. The van der Waals surface area contributed by atoms with Gasteiger partial charge in [0.15, 0.2) is 0 Å². The number of rotatable bonds is 2. The maximum absolute atomic E-state index is 10.6. The van der Waals surface area contributed by atoms with E-state index in [0.29, 0.717) is 5.75 Å². The zero-order valence-electron chi connectivity index (χ0n) is 15.6. The van der Waals surface area contributed by atoms with Crippen LogP contribution >= 0.6 is 0 Å². The first-order valence-corrected chi connectivity index (χ1v) is 8.05. The maximum Gasteiger partial charge on any atom is 0.308 e. The van der Waals surface area contributed by atoms with Gasteiger partial charge in [-0.3, -0.25) is 4.79 Å². The van der Waals surface area contributed by atoms with Gasteiger partial charge in [-0.25, -0.2) is 0 Å². The van der Waals surface area contributed by atoms with Gasteiger partial charge in [-0.05, 0) is 6.07 Å². The molecule has 0 aliphatic rings. The van der Waals surface area contributed by atoms with Gasteiger partial charge in [0, 0.05) is 12.5 Å². The molecule has 0 heterocycles. The molecule has 0 unspecified atom stereocenters. The van der Waals surface area contributed by atoms with Crippen LogP contribution in [0.4, 0.5) is 0 Å². The van der Waals surface area contributed by atoms with Crippen molar-refractivity contribution in [2.24, 2.45) is 0 Å². The molecule has 0 aliphatic carbocycles. The molecule has 0 aromatic heterocycles. The average Bonchev–Trinajstić information content (AvgIpc) is 2.54. The topological polar surface area (TPSA) is 26.3 Å². The van der Waals surface area contributed by atoms with Crippen LogP contribution in [-0.2, 0) is 4.79 Å². The van der Waals surface area contributed by atoms with Crippen molar-refractivity contribution in [1.82, 2.24) is 0 Å². The molecule has 0 saturated heterocycles. The highest BCUT2D eigenvalue weighted by Crippen LogP contribution is 2.18. The fourth-order valence-corrected chi connectivity index (χ4v) is 0.897. The van der Waals surface area contributed by atoms with Gasteiger partial charge < -0.3 is 4.74 Å². The van der Waals surface area contributed by atoms with Crippen molar-refractivity contribution in [3.8, 4) is 5.75 Å². The van der Waals surface area contributed by atoms with Gasteiger partial charge in [0.1, 0.15) is 5.75 Å². The van der Waals surface area contributed by atoms with Crippen molar-refractivity contribution in [3.63, 3.8) is 0 Å². The van der Waals surface area contributed by atoms with Crippen molar-refractivity contribution >= 4 is 12.0 Å². The Hall–Kier alpha value is -1.57. The van der Waals surface area contributed by atoms with Crippen LogP contribution in [0.3, 0.4) is 0 Å². The van der Waals surface area contributed by atoms with E-state index >= 15 is 0 Å². The molecule has 124 valence electrons. The van der Waals surface area contributed by atoms with Crippen LogP contribution in [0, 0.1) is 0 Å². The quantitative estimate of drug-likeness (QED) is 0.445. The summed E-state index contributed by atoms with van der Waals surface area (Å²) in [5, 5.41) is 0. The number of hydrogen-bond donors (Lipinski definition) is 0. The van der Waals surface area contributed by atoms with Crippen LogP contribution in [0.1, 0.15) is 74.3 Å². The molecular formula is C19H36O2. The van der Waals surface area contributed by atoms with E-state index in [0.717, 1.165) is 5.56 Å². The molecule has 0 radical (unpaired) electrons. The molecule has 21 heavy (non-hydrogen) atoms. The van der Waals surface area contributed by atoms with E-state index < -0.39 is 0 Å². The Labute approximate surface area is 133 Å². The number of esters is 1. The van der Waals surface area contributed by atoms with Gasteiger partial charge in [-0.1, -0.05) is 92.7 Å². The van der Waals surface area contributed by atoms with E-state index in [-0.39, 0.29) is 5.97 Å². The Kier molecular flexibility index (Phi) is 35.5. The van der Waals surface area contributed by atoms with E-state index in [4.69, 9.17) is 4.74 Å². The third-order valence-electron chi connectivity index (χ3n) is 1.39. The molecule has 1 rings (SSSR count). The monoisotopic (exact) mass is 296 g/mol. The summed E-state index contributed by atoms with van der Waals surface area (Å²) in [6, 6.07) is 7.25. The summed E-state index contributed by atoms with van der Waals surface area (Å²) in [4.78, 5) is 10.6. The Morgan fingerprint density at radius 3 is 1.76 bits per heavy atom. The van der Waals surface area contributed by atoms with Crippen LogP contribution in [0.15, 0.2) is 30.8 Å². The molecule has 0 fully saturated rings. The molecule has 0 spiro atoms. The summed E-state index contributed by atoms with van der Waals surface area (Å²) in [6.07, 6.45) is 2.90. The Balaban J connectivity index is -0.000000136. The van der Waals surface area contributed by atoms with E-state index in [9.17, 15) is 4.79 Å². The number of hydrogen-bond acceptors (Lipinski definition) is 2. The lowest BCUT2D eigenvalue weighted by molar-refractivity contribution is -0.131. The lowest BCUT2D eigenvalue weighted by Gasteiger charge is -2.03. The summed E-state index contributed by atoms with van der Waals surface area (Å²) >= 11 is 0. The van der Waals surface area contributed by atoms with Crippen molar-refractivity contribution in [1.29, 1.82) is 0 Å². The van der Waals surface area contributed by atoms with Crippen molar-refractivity contribution in [3.05, 3.63) is 36.4 Å². The average molecular weight is 296 g/mol. The summed E-state index contributed by atoms with van der Waals surface area (Å²) in [5.41, 5.74) is 0.827. The zero-order valence-corrected chi connectivity index (χ0v) is 15.6. The minimum Gasteiger partial charge on any atom is -0.426 e. The first-order valence-electron chi connectivity index (χ1n) is 8.05. The zero-order chi connectivity index (χ0) is 17.7. The fourth-order valence-electron chi connectivity index (χ4n) is 0.897. The van der Waals surface area contributed by atoms with Crippen LogP contribution in [0.5, 0.6) is 5.75 Å². The number of carbonyl (C=O) groups excluding carboxylic acids is 1. The third-order valence-corrected chi connectivity index (χ3v) is 1.39. The summed E-state index contributed by atoms with van der Waals surface area (Å²) in [6.45, 7) is 21.2. The summed E-state index contributed by atoms with van der Waals surface area (Å²) in [7, 11) is 0. The summed E-state index contributed by atoms with van der Waals surface area (Å²) < 4.78 is 4.93. The summed E-state index contributed by atoms with van der Waals surface area (Å²) in [5.74, 6) is 0.240. The van der Waals surface area contributed by atoms with E-state index in [1.54, 1.807) is 12.1 Å². The SMILES string of the molecule is C=Cc1ccccc1OC(C)=O.CC.CC.CC.CCC. The smallest absolute Gasteiger partial charge is 0.308 e. The van der Waals surface area contributed by atoms with Gasteiger partial charge in [0.25, 0.3) is 0 Å². The second-order valence-corrected chi connectivity index (χ2v) is 3.04. The van der Waals surface area contributed by atoms with Gasteiger partial charge in [-0.2, -0.15) is 0 Å². The van der Waals surface area contributed by atoms with Crippen molar-refractivity contribution < 1.29 is 9.53 Å². The molecular weight excluding hydrogens is 260 g/mol. The minimum absolute atomic E-state index is 0.315. The molecule has 2 heteroatoms. The van der Waals surface area contributed by atoms with Crippen molar-refractivity contribution in [2.75, 3.05) is 0 Å². The molecule has 0 saturated carbocycles. The number of para-hydroxylation sites is 1. The van der Waals surface area contributed by atoms with Gasteiger partial charge in [0.2, 0.25) is 0 Å². The first kappa shape index (κ1) is 27.7. The number of benzene rings is 1. The lowest BCUT2D eigenvalue weighted by atomic mass is 10.2. The fraction of sp³-hybridized carbons (Fsp3) is 0.526. The second kappa shape index (κ2) is 26.9. The van der Waals surface area contributed by atoms with E-state index in [2.05, 4.69) is 20.4 Å². The standard InChI is InChI=1S/C10H10O2.C3H8.3C2H6/c1-3-9-6-4-5-7-10(9)12-8(2)11;1-3-2;3*1-2/h3-7H,1H2,2H3;3H2,1-2H3;3*1-2H3. The highest BCUT2D eigenvalue weighted by atomic mass is 16.5. The third kappa shape index (κ3) is 20.9. The molecule has 0 bridgehead atoms. The molecule has 0 amide bonds. The molecule has 0 atom stereocenters. The Morgan fingerprint density at radius 1 is 1.05 bits per heavy atom. The molecule has 2 nitrogen and oxygen atoms in total. The van der Waals surface area contributed by atoms with Gasteiger partial charge >= 0.3 is 5.97 Å². The number of ether oxygens (including phenoxy) is 1. The van der Waals surface area contributed by atoms with Gasteiger partial charge in [0.05, 0.1) is 0 Å². The Morgan fingerprint density at radius 2 is 1.43 bits per heavy atom. The molecule has 0 N–H and O–H groups in total. The first-order chi connectivity index (χ1) is 10.2. The Bertz CT molecular complexity index is 317. The molecule has 1 aromatic carbocycles. The van der Waals surface area contributed by atoms with Crippen LogP contribution in [0.2, 0.25) is 0 Å². The lowest BCUT2D eigenvalue weighted by Crippen LogP contribution is -2.02. The molecule has 0 aliphatic heterocycles.